The lowest BCUT2D eigenvalue weighted by molar-refractivity contribution is 0.313. The van der Waals surface area contributed by atoms with Gasteiger partial charge in [-0.25, -0.2) is 9.97 Å². The highest BCUT2D eigenvalue weighted by molar-refractivity contribution is 5.67. The summed E-state index contributed by atoms with van der Waals surface area (Å²) in [6.07, 6.45) is 14.8. The number of aromatic nitrogens is 2. The van der Waals surface area contributed by atoms with Gasteiger partial charge in [-0.05, 0) is 87.2 Å². The molecule has 3 aliphatic rings. The van der Waals surface area contributed by atoms with Crippen molar-refractivity contribution in [2.45, 2.75) is 57.8 Å². The fourth-order valence-corrected chi connectivity index (χ4v) is 6.07. The van der Waals surface area contributed by atoms with E-state index in [-0.39, 0.29) is 0 Å². The van der Waals surface area contributed by atoms with Crippen LogP contribution in [0.2, 0.25) is 0 Å². The molecule has 0 bridgehead atoms. The molecule has 0 saturated carbocycles. The Bertz CT molecular complexity index is 954. The van der Waals surface area contributed by atoms with E-state index in [0.29, 0.717) is 5.76 Å². The van der Waals surface area contributed by atoms with Crippen molar-refractivity contribution in [1.82, 2.24) is 15.3 Å². The minimum Gasteiger partial charge on any atom is -0.507 e. The van der Waals surface area contributed by atoms with Crippen LogP contribution in [0, 0.1) is 11.8 Å². The van der Waals surface area contributed by atoms with E-state index >= 15 is 0 Å². The Balaban J connectivity index is 1.12. The molecule has 3 saturated heterocycles. The van der Waals surface area contributed by atoms with Crippen LogP contribution in [-0.2, 0) is 0 Å². The highest BCUT2D eigenvalue weighted by Gasteiger charge is 2.22. The van der Waals surface area contributed by atoms with Crippen LogP contribution in [0.4, 0.5) is 11.6 Å². The molecule has 5 rings (SSSR count). The minimum atomic E-state index is 0.466. The maximum absolute atomic E-state index is 11.1. The Labute approximate surface area is 210 Å². The first kappa shape index (κ1) is 24.1. The van der Waals surface area contributed by atoms with E-state index in [2.05, 4.69) is 43.3 Å². The van der Waals surface area contributed by atoms with Gasteiger partial charge < -0.3 is 20.2 Å². The molecule has 0 amide bonds. The summed E-state index contributed by atoms with van der Waals surface area (Å²) >= 11 is 0. The summed E-state index contributed by atoms with van der Waals surface area (Å²) in [6, 6.07) is 10.4. The summed E-state index contributed by atoms with van der Waals surface area (Å²) < 4.78 is 0. The normalized spacial score (nSPS) is 20.3. The Morgan fingerprint density at radius 3 is 2.26 bits per heavy atom. The lowest BCUT2D eigenvalue weighted by atomic mass is 9.87. The molecule has 0 radical (unpaired) electrons. The van der Waals surface area contributed by atoms with Crippen LogP contribution in [0.15, 0.2) is 48.3 Å². The molecule has 2 aromatic rings. The van der Waals surface area contributed by atoms with Crippen LogP contribution < -0.4 is 15.1 Å². The van der Waals surface area contributed by atoms with Gasteiger partial charge in [-0.15, -0.1) is 0 Å². The highest BCUT2D eigenvalue weighted by Crippen LogP contribution is 2.31. The summed E-state index contributed by atoms with van der Waals surface area (Å²) in [5.41, 5.74) is 3.34. The number of hydrogen-bond acceptors (Lipinski definition) is 6. The Hall–Kier alpha value is -2.60. The molecular weight excluding hydrogens is 434 g/mol. The van der Waals surface area contributed by atoms with Crippen LogP contribution in [0.25, 0.3) is 5.76 Å². The van der Waals surface area contributed by atoms with Crippen molar-refractivity contribution in [3.63, 3.8) is 0 Å². The summed E-state index contributed by atoms with van der Waals surface area (Å²) in [5.74, 6) is 3.08. The number of benzene rings is 1. The van der Waals surface area contributed by atoms with Crippen LogP contribution in [0.5, 0.6) is 0 Å². The molecule has 6 nitrogen and oxygen atoms in total. The first-order valence-electron chi connectivity index (χ1n) is 13.8. The fourth-order valence-electron chi connectivity index (χ4n) is 6.07. The van der Waals surface area contributed by atoms with E-state index in [1.54, 1.807) is 12.4 Å². The molecule has 3 aliphatic heterocycles. The number of rotatable bonds is 7. The quantitative estimate of drug-likeness (QED) is 0.521. The monoisotopic (exact) mass is 475 g/mol. The second-order valence-corrected chi connectivity index (χ2v) is 10.6. The molecule has 4 heterocycles. The molecule has 0 spiro atoms. The SMILES string of the molecule is OC(=C1CCN(c2ncccn2)CC1)c1cccc(N2CCC(CCCC3CCNCC3)CC2)c1. The first-order chi connectivity index (χ1) is 17.3. The second kappa shape index (κ2) is 11.9. The van der Waals surface area contributed by atoms with Crippen molar-refractivity contribution in [1.29, 1.82) is 0 Å². The van der Waals surface area contributed by atoms with Crippen molar-refractivity contribution >= 4 is 17.4 Å². The average Bonchev–Trinajstić information content (AvgIpc) is 2.94. The molecule has 0 aliphatic carbocycles. The third kappa shape index (κ3) is 6.35. The molecule has 35 heavy (non-hydrogen) atoms. The van der Waals surface area contributed by atoms with Crippen LogP contribution in [0.3, 0.4) is 0 Å². The summed E-state index contributed by atoms with van der Waals surface area (Å²) in [4.78, 5) is 13.4. The van der Waals surface area contributed by atoms with Gasteiger partial charge in [0, 0.05) is 49.8 Å². The number of nitrogens with zero attached hydrogens (tertiary/aromatic N) is 4. The van der Waals surface area contributed by atoms with Crippen molar-refractivity contribution in [3.8, 4) is 0 Å². The minimum absolute atomic E-state index is 0.466. The molecule has 0 unspecified atom stereocenters. The fraction of sp³-hybridized carbons (Fsp3) is 0.586. The second-order valence-electron chi connectivity index (χ2n) is 10.6. The maximum atomic E-state index is 11.1. The van der Waals surface area contributed by atoms with E-state index in [1.807, 2.05) is 12.1 Å². The zero-order valence-electron chi connectivity index (χ0n) is 21.0. The van der Waals surface area contributed by atoms with Crippen LogP contribution in [-0.4, -0.2) is 54.3 Å². The predicted molar refractivity (Wildman–Crippen MR) is 144 cm³/mol. The predicted octanol–water partition coefficient (Wildman–Crippen LogP) is 5.43. The standard InChI is InChI=1S/C29H41N5O/c35-28(25-12-20-34(21-13-25)29-31-14-3-15-32-29)26-6-2-7-27(22-26)33-18-10-24(11-19-33)5-1-4-23-8-16-30-17-9-23/h2-3,6-7,14-15,22-24,30,35H,1,4-5,8-13,16-21H2. The van der Waals surface area contributed by atoms with Crippen molar-refractivity contribution in [3.05, 3.63) is 53.9 Å². The maximum Gasteiger partial charge on any atom is 0.225 e. The Morgan fingerprint density at radius 2 is 1.54 bits per heavy atom. The number of anilines is 2. The molecule has 188 valence electrons. The van der Waals surface area contributed by atoms with Crippen molar-refractivity contribution in [2.75, 3.05) is 49.1 Å². The van der Waals surface area contributed by atoms with Gasteiger partial charge in [0.15, 0.2) is 0 Å². The molecule has 3 fully saturated rings. The topological polar surface area (TPSA) is 64.5 Å². The summed E-state index contributed by atoms with van der Waals surface area (Å²) in [6.45, 7) is 6.38. The van der Waals surface area contributed by atoms with Crippen LogP contribution >= 0.6 is 0 Å². The Kier molecular flexibility index (Phi) is 8.19. The third-order valence-corrected chi connectivity index (χ3v) is 8.32. The first-order valence-corrected chi connectivity index (χ1v) is 13.8. The van der Waals surface area contributed by atoms with Gasteiger partial charge in [0.05, 0.1) is 0 Å². The molecule has 2 N–H and O–H groups in total. The zero-order valence-corrected chi connectivity index (χ0v) is 21.0. The number of aliphatic hydroxyl groups excluding tert-OH is 1. The van der Waals surface area contributed by atoms with E-state index in [0.717, 1.165) is 67.9 Å². The van der Waals surface area contributed by atoms with Crippen molar-refractivity contribution in [2.24, 2.45) is 11.8 Å². The lowest BCUT2D eigenvalue weighted by Crippen LogP contribution is -2.33. The summed E-state index contributed by atoms with van der Waals surface area (Å²) in [7, 11) is 0. The van der Waals surface area contributed by atoms with E-state index in [4.69, 9.17) is 0 Å². The van der Waals surface area contributed by atoms with Crippen LogP contribution in [0.1, 0.15) is 63.4 Å². The molecule has 1 aromatic heterocycles. The molecular formula is C29H41N5O. The lowest BCUT2D eigenvalue weighted by Gasteiger charge is -2.34. The smallest absolute Gasteiger partial charge is 0.225 e. The number of hydrogen-bond donors (Lipinski definition) is 2. The van der Waals surface area contributed by atoms with Gasteiger partial charge in [-0.2, -0.15) is 0 Å². The van der Waals surface area contributed by atoms with Gasteiger partial charge in [0.1, 0.15) is 5.76 Å². The highest BCUT2D eigenvalue weighted by atomic mass is 16.3. The van der Waals surface area contributed by atoms with E-state index < -0.39 is 0 Å². The Morgan fingerprint density at radius 1 is 0.857 bits per heavy atom. The number of piperidine rings is 3. The molecule has 0 atom stereocenters. The largest absolute Gasteiger partial charge is 0.507 e. The average molecular weight is 476 g/mol. The zero-order chi connectivity index (χ0) is 23.9. The van der Waals surface area contributed by atoms with E-state index in [9.17, 15) is 5.11 Å². The van der Waals surface area contributed by atoms with E-state index in [1.165, 1.54) is 63.7 Å². The number of aliphatic hydroxyl groups is 1. The third-order valence-electron chi connectivity index (χ3n) is 8.32. The number of nitrogens with one attached hydrogen (secondary N) is 1. The molecule has 6 heteroatoms. The van der Waals surface area contributed by atoms with Gasteiger partial charge in [-0.1, -0.05) is 31.4 Å². The van der Waals surface area contributed by atoms with Gasteiger partial charge in [0.25, 0.3) is 0 Å². The van der Waals surface area contributed by atoms with Gasteiger partial charge >= 0.3 is 0 Å². The molecule has 1 aromatic carbocycles. The van der Waals surface area contributed by atoms with Gasteiger partial charge in [0.2, 0.25) is 5.95 Å². The summed E-state index contributed by atoms with van der Waals surface area (Å²) in [5, 5.41) is 14.6. The van der Waals surface area contributed by atoms with Gasteiger partial charge in [-0.3, -0.25) is 0 Å². The van der Waals surface area contributed by atoms with Crippen molar-refractivity contribution < 1.29 is 5.11 Å².